The number of sulfonamides is 1. The van der Waals surface area contributed by atoms with Crippen LogP contribution < -0.4 is 15.4 Å². The van der Waals surface area contributed by atoms with Gasteiger partial charge in [0, 0.05) is 26.2 Å². The smallest absolute Gasteiger partial charge is 0.260 e. The molecule has 186 valence electrons. The SMILES string of the molecule is NC(=O)C1CN(CC(=O)N2CCN(S(=O)(=O)c3ccc4c(c3)CCCC4)CC2)c2ccccc2O1. The minimum absolute atomic E-state index is 0.0573. The molecule has 0 aromatic heterocycles. The Morgan fingerprint density at radius 2 is 1.69 bits per heavy atom. The summed E-state index contributed by atoms with van der Waals surface area (Å²) in [6.07, 6.45) is 3.32. The van der Waals surface area contributed by atoms with Gasteiger partial charge in [-0.3, -0.25) is 9.59 Å². The third-order valence-corrected chi connectivity index (χ3v) is 8.95. The topological polar surface area (TPSA) is 113 Å². The first-order valence-corrected chi connectivity index (χ1v) is 13.5. The van der Waals surface area contributed by atoms with Crippen molar-refractivity contribution in [2.75, 3.05) is 44.2 Å². The zero-order valence-corrected chi connectivity index (χ0v) is 20.4. The third-order valence-electron chi connectivity index (χ3n) is 7.05. The second-order valence-corrected chi connectivity index (χ2v) is 11.2. The van der Waals surface area contributed by atoms with Crippen molar-refractivity contribution in [1.82, 2.24) is 9.21 Å². The zero-order chi connectivity index (χ0) is 24.6. The van der Waals surface area contributed by atoms with Gasteiger partial charge in [-0.15, -0.1) is 0 Å². The molecular weight excluding hydrogens is 468 g/mol. The van der Waals surface area contributed by atoms with Crippen LogP contribution in [-0.4, -0.2) is 74.8 Å². The minimum Gasteiger partial charge on any atom is -0.477 e. The van der Waals surface area contributed by atoms with Gasteiger partial charge >= 0.3 is 0 Å². The van der Waals surface area contributed by atoms with Crippen LogP contribution in [0.15, 0.2) is 47.4 Å². The van der Waals surface area contributed by atoms with Crippen LogP contribution in [0.4, 0.5) is 5.69 Å². The maximum atomic E-state index is 13.3. The zero-order valence-electron chi connectivity index (χ0n) is 19.6. The molecule has 10 heteroatoms. The highest BCUT2D eigenvalue weighted by atomic mass is 32.2. The number of piperazine rings is 1. The summed E-state index contributed by atoms with van der Waals surface area (Å²) in [5.74, 6) is -0.204. The van der Waals surface area contributed by atoms with E-state index in [-0.39, 0.29) is 32.1 Å². The number of carbonyl (C=O) groups excluding carboxylic acids is 2. The predicted molar refractivity (Wildman–Crippen MR) is 131 cm³/mol. The fourth-order valence-electron chi connectivity index (χ4n) is 5.07. The van der Waals surface area contributed by atoms with E-state index < -0.39 is 22.0 Å². The molecule has 1 aliphatic carbocycles. The van der Waals surface area contributed by atoms with E-state index in [0.29, 0.717) is 23.7 Å². The molecule has 35 heavy (non-hydrogen) atoms. The number of benzene rings is 2. The molecule has 1 unspecified atom stereocenters. The minimum atomic E-state index is -3.61. The standard InChI is InChI=1S/C25H30N4O5S/c26-25(31)23-16-28(21-7-3-4-8-22(21)34-23)17-24(30)27-11-13-29(14-12-27)35(32,33)20-10-9-18-5-1-2-6-19(18)15-20/h3-4,7-10,15,23H,1-2,5-6,11-14,16-17H2,(H2,26,31). The van der Waals surface area contributed by atoms with Crippen molar-refractivity contribution >= 4 is 27.5 Å². The molecule has 2 N–H and O–H groups in total. The van der Waals surface area contributed by atoms with Crippen molar-refractivity contribution in [1.29, 1.82) is 0 Å². The van der Waals surface area contributed by atoms with Gasteiger partial charge < -0.3 is 20.3 Å². The summed E-state index contributed by atoms with van der Waals surface area (Å²) in [6.45, 7) is 1.36. The lowest BCUT2D eigenvalue weighted by molar-refractivity contribution is -0.131. The predicted octanol–water partition coefficient (Wildman–Crippen LogP) is 1.15. The van der Waals surface area contributed by atoms with Crippen LogP contribution in [0.25, 0.3) is 0 Å². The van der Waals surface area contributed by atoms with Crippen LogP contribution in [-0.2, 0) is 32.5 Å². The van der Waals surface area contributed by atoms with E-state index in [1.165, 1.54) is 9.87 Å². The van der Waals surface area contributed by atoms with Crippen molar-refractivity contribution in [3.05, 3.63) is 53.6 Å². The second-order valence-electron chi connectivity index (χ2n) is 9.28. The average molecular weight is 499 g/mol. The quantitative estimate of drug-likeness (QED) is 0.662. The highest BCUT2D eigenvalue weighted by molar-refractivity contribution is 7.89. The number of ether oxygens (including phenoxy) is 1. The summed E-state index contributed by atoms with van der Waals surface area (Å²) in [5, 5.41) is 0. The number of rotatable bonds is 5. The fraction of sp³-hybridized carbons (Fsp3) is 0.440. The molecule has 1 atom stereocenters. The Balaban J connectivity index is 1.23. The Bertz CT molecular complexity index is 1240. The normalized spacial score (nSPS) is 20.5. The molecule has 9 nitrogen and oxygen atoms in total. The number of nitrogens with two attached hydrogens (primary N) is 1. The van der Waals surface area contributed by atoms with Crippen molar-refractivity contribution in [2.45, 2.75) is 36.7 Å². The molecule has 0 saturated carbocycles. The molecule has 2 aromatic carbocycles. The summed E-state index contributed by atoms with van der Waals surface area (Å²) in [7, 11) is -3.61. The molecule has 2 amide bonds. The van der Waals surface area contributed by atoms with E-state index in [1.54, 1.807) is 28.0 Å². The number of hydrogen-bond donors (Lipinski definition) is 1. The fourth-order valence-corrected chi connectivity index (χ4v) is 6.54. The van der Waals surface area contributed by atoms with Gasteiger partial charge in [0.15, 0.2) is 6.10 Å². The lowest BCUT2D eigenvalue weighted by atomic mass is 9.92. The van der Waals surface area contributed by atoms with Gasteiger partial charge in [-0.25, -0.2) is 8.42 Å². The number of amides is 2. The molecule has 3 aliphatic rings. The highest BCUT2D eigenvalue weighted by Gasteiger charge is 2.34. The van der Waals surface area contributed by atoms with Gasteiger partial charge in [-0.2, -0.15) is 4.31 Å². The molecule has 0 bridgehead atoms. The maximum absolute atomic E-state index is 13.3. The summed E-state index contributed by atoms with van der Waals surface area (Å²) in [5.41, 5.74) is 8.56. The average Bonchev–Trinajstić information content (AvgIpc) is 2.88. The molecule has 2 heterocycles. The summed E-state index contributed by atoms with van der Waals surface area (Å²) >= 11 is 0. The van der Waals surface area contributed by atoms with E-state index in [0.717, 1.165) is 36.9 Å². The number of anilines is 1. The number of fused-ring (bicyclic) bond motifs is 2. The number of nitrogens with zero attached hydrogens (tertiary/aromatic N) is 3. The van der Waals surface area contributed by atoms with Crippen LogP contribution in [0.2, 0.25) is 0 Å². The third kappa shape index (κ3) is 4.72. The van der Waals surface area contributed by atoms with E-state index in [9.17, 15) is 18.0 Å². The molecule has 1 fully saturated rings. The number of primary amides is 1. The largest absolute Gasteiger partial charge is 0.477 e. The van der Waals surface area contributed by atoms with Gasteiger partial charge in [0.2, 0.25) is 15.9 Å². The van der Waals surface area contributed by atoms with Gasteiger partial charge in [0.05, 0.1) is 23.7 Å². The van der Waals surface area contributed by atoms with Crippen LogP contribution >= 0.6 is 0 Å². The molecule has 0 spiro atoms. The van der Waals surface area contributed by atoms with E-state index in [2.05, 4.69) is 0 Å². The van der Waals surface area contributed by atoms with E-state index in [4.69, 9.17) is 10.5 Å². The van der Waals surface area contributed by atoms with Gasteiger partial charge in [0.1, 0.15) is 5.75 Å². The van der Waals surface area contributed by atoms with E-state index >= 15 is 0 Å². The number of para-hydroxylation sites is 2. The van der Waals surface area contributed by atoms with Crippen molar-refractivity contribution in [2.24, 2.45) is 5.73 Å². The number of carbonyl (C=O) groups is 2. The molecule has 2 aromatic rings. The first-order valence-electron chi connectivity index (χ1n) is 12.0. The summed E-state index contributed by atoms with van der Waals surface area (Å²) in [4.78, 5) is 28.6. The van der Waals surface area contributed by atoms with Gasteiger partial charge in [0.25, 0.3) is 5.91 Å². The molecule has 1 saturated heterocycles. The van der Waals surface area contributed by atoms with E-state index in [1.807, 2.05) is 24.3 Å². The van der Waals surface area contributed by atoms with Gasteiger partial charge in [-0.1, -0.05) is 18.2 Å². The molecule has 5 rings (SSSR count). The Hall–Kier alpha value is -3.11. The Morgan fingerprint density at radius 3 is 2.43 bits per heavy atom. The number of aryl methyl sites for hydroxylation is 2. The Morgan fingerprint density at radius 1 is 0.971 bits per heavy atom. The molecular formula is C25H30N4O5S. The van der Waals surface area contributed by atoms with Crippen molar-refractivity contribution < 1.29 is 22.7 Å². The van der Waals surface area contributed by atoms with Crippen LogP contribution in [0.5, 0.6) is 5.75 Å². The Labute approximate surface area is 205 Å². The van der Waals surface area contributed by atoms with Gasteiger partial charge in [-0.05, 0) is 61.1 Å². The monoisotopic (exact) mass is 498 g/mol. The summed E-state index contributed by atoms with van der Waals surface area (Å²) < 4.78 is 33.7. The lowest BCUT2D eigenvalue weighted by Crippen LogP contribution is -2.54. The van der Waals surface area contributed by atoms with Crippen molar-refractivity contribution in [3.63, 3.8) is 0 Å². The lowest BCUT2D eigenvalue weighted by Gasteiger charge is -2.38. The first kappa shape index (κ1) is 23.6. The van der Waals surface area contributed by atoms with Crippen LogP contribution in [0.1, 0.15) is 24.0 Å². The molecule has 2 aliphatic heterocycles. The maximum Gasteiger partial charge on any atom is 0.260 e. The Kier molecular flexibility index (Phi) is 6.41. The summed E-state index contributed by atoms with van der Waals surface area (Å²) in [6, 6.07) is 12.7. The first-order chi connectivity index (χ1) is 16.8. The highest BCUT2D eigenvalue weighted by Crippen LogP contribution is 2.33. The second kappa shape index (κ2) is 9.50. The van der Waals surface area contributed by atoms with Crippen LogP contribution in [0.3, 0.4) is 0 Å². The van der Waals surface area contributed by atoms with Crippen LogP contribution in [0, 0.1) is 0 Å². The number of hydrogen-bond acceptors (Lipinski definition) is 6. The molecule has 0 radical (unpaired) electrons. The van der Waals surface area contributed by atoms with Crippen molar-refractivity contribution in [3.8, 4) is 5.75 Å².